The minimum atomic E-state index is 0.356. The summed E-state index contributed by atoms with van der Waals surface area (Å²) in [6, 6.07) is 0. The Kier molecular flexibility index (Phi) is 3.89. The number of aromatic nitrogens is 1. The normalized spacial score (nSPS) is 13.4. The van der Waals surface area contributed by atoms with Gasteiger partial charge in [0.25, 0.3) is 0 Å². The third-order valence-electron chi connectivity index (χ3n) is 2.30. The van der Waals surface area contributed by atoms with Crippen molar-refractivity contribution in [3.8, 4) is 0 Å². The van der Waals surface area contributed by atoms with E-state index in [1.807, 2.05) is 0 Å². The van der Waals surface area contributed by atoms with Gasteiger partial charge in [0.2, 0.25) is 0 Å². The fourth-order valence-electron chi connectivity index (χ4n) is 1.27. The predicted molar refractivity (Wildman–Crippen MR) is 57.3 cm³/mol. The molecule has 76 valence electrons. The molecule has 0 aliphatic carbocycles. The van der Waals surface area contributed by atoms with Crippen molar-refractivity contribution < 1.29 is 5.21 Å². The lowest BCUT2D eigenvalue weighted by Gasteiger charge is -2.12. The molecule has 1 aromatic heterocycles. The summed E-state index contributed by atoms with van der Waals surface area (Å²) in [5.74, 6) is 0.356. The van der Waals surface area contributed by atoms with Crippen LogP contribution in [0, 0.1) is 0 Å². The van der Waals surface area contributed by atoms with Crippen molar-refractivity contribution in [2.24, 2.45) is 5.16 Å². The maximum absolute atomic E-state index is 8.51. The Morgan fingerprint density at radius 2 is 2.36 bits per heavy atom. The van der Waals surface area contributed by atoms with Crippen molar-refractivity contribution in [3.63, 3.8) is 0 Å². The van der Waals surface area contributed by atoms with Crippen molar-refractivity contribution in [2.75, 3.05) is 0 Å². The first-order chi connectivity index (χ1) is 6.70. The van der Waals surface area contributed by atoms with Crippen LogP contribution in [0.3, 0.4) is 0 Å². The molecule has 1 aromatic rings. The van der Waals surface area contributed by atoms with E-state index in [1.165, 1.54) is 6.21 Å². The third-order valence-corrected chi connectivity index (χ3v) is 2.60. The van der Waals surface area contributed by atoms with Crippen molar-refractivity contribution in [1.82, 2.24) is 4.98 Å². The van der Waals surface area contributed by atoms with E-state index >= 15 is 0 Å². The van der Waals surface area contributed by atoms with Crippen LogP contribution in [0.15, 0.2) is 17.5 Å². The van der Waals surface area contributed by atoms with Crippen LogP contribution >= 0.6 is 11.6 Å². The van der Waals surface area contributed by atoms with Crippen molar-refractivity contribution in [1.29, 1.82) is 0 Å². The van der Waals surface area contributed by atoms with Gasteiger partial charge in [0.05, 0.1) is 11.2 Å². The zero-order valence-corrected chi connectivity index (χ0v) is 8.99. The summed E-state index contributed by atoms with van der Waals surface area (Å²) in [5, 5.41) is 12.0. The highest BCUT2D eigenvalue weighted by molar-refractivity contribution is 6.33. The SMILES string of the molecule is CCC(C)c1cncc(Cl)c1/C=N/O. The monoisotopic (exact) mass is 212 g/mol. The van der Waals surface area contributed by atoms with Gasteiger partial charge in [-0.1, -0.05) is 30.6 Å². The molecule has 1 N–H and O–H groups in total. The Bertz CT molecular complexity index is 339. The van der Waals surface area contributed by atoms with Crippen LogP contribution in [0.4, 0.5) is 0 Å². The average molecular weight is 213 g/mol. The average Bonchev–Trinajstić information content (AvgIpc) is 2.20. The fourth-order valence-corrected chi connectivity index (χ4v) is 1.48. The minimum Gasteiger partial charge on any atom is -0.411 e. The summed E-state index contributed by atoms with van der Waals surface area (Å²) in [4.78, 5) is 4.02. The molecule has 14 heavy (non-hydrogen) atoms. The largest absolute Gasteiger partial charge is 0.411 e. The molecule has 0 aliphatic rings. The van der Waals surface area contributed by atoms with Crippen molar-refractivity contribution >= 4 is 17.8 Å². The van der Waals surface area contributed by atoms with Gasteiger partial charge in [0.15, 0.2) is 0 Å². The number of nitrogens with zero attached hydrogens (tertiary/aromatic N) is 2. The molecule has 4 heteroatoms. The molecule has 0 spiro atoms. The maximum Gasteiger partial charge on any atom is 0.0752 e. The molecular weight excluding hydrogens is 200 g/mol. The summed E-state index contributed by atoms with van der Waals surface area (Å²) >= 11 is 5.94. The van der Waals surface area contributed by atoms with E-state index in [1.54, 1.807) is 12.4 Å². The topological polar surface area (TPSA) is 45.5 Å². The van der Waals surface area contributed by atoms with Crippen LogP contribution in [0.2, 0.25) is 5.02 Å². The molecule has 1 rings (SSSR count). The molecule has 1 heterocycles. The van der Waals surface area contributed by atoms with Gasteiger partial charge in [-0.3, -0.25) is 4.98 Å². The Labute approximate surface area is 88.4 Å². The first kappa shape index (κ1) is 11.0. The molecule has 3 nitrogen and oxygen atoms in total. The molecule has 1 unspecified atom stereocenters. The highest BCUT2D eigenvalue weighted by Crippen LogP contribution is 2.25. The number of pyridine rings is 1. The molecule has 0 saturated heterocycles. The third kappa shape index (κ3) is 2.23. The van der Waals surface area contributed by atoms with E-state index in [9.17, 15) is 0 Å². The molecule has 0 bridgehead atoms. The molecule has 0 saturated carbocycles. The highest BCUT2D eigenvalue weighted by Gasteiger charge is 2.11. The van der Waals surface area contributed by atoms with Gasteiger partial charge in [-0.25, -0.2) is 0 Å². The summed E-state index contributed by atoms with van der Waals surface area (Å²) < 4.78 is 0. The zero-order chi connectivity index (χ0) is 10.6. The predicted octanol–water partition coefficient (Wildman–Crippen LogP) is 3.06. The van der Waals surface area contributed by atoms with Crippen LogP contribution in [-0.4, -0.2) is 16.4 Å². The second-order valence-electron chi connectivity index (χ2n) is 3.18. The smallest absolute Gasteiger partial charge is 0.0752 e. The van der Waals surface area contributed by atoms with E-state index in [2.05, 4.69) is 24.0 Å². The molecular formula is C10H13ClN2O. The lowest BCUT2D eigenvalue weighted by atomic mass is 9.96. The number of hydrogen-bond acceptors (Lipinski definition) is 3. The highest BCUT2D eigenvalue weighted by atomic mass is 35.5. The van der Waals surface area contributed by atoms with Gasteiger partial charge in [0.1, 0.15) is 0 Å². The molecule has 0 aromatic carbocycles. The summed E-state index contributed by atoms with van der Waals surface area (Å²) in [7, 11) is 0. The Morgan fingerprint density at radius 3 is 2.93 bits per heavy atom. The number of rotatable bonds is 3. The molecule has 0 aliphatic heterocycles. The standard InChI is InChI=1S/C10H13ClN2O/c1-3-7(2)8-4-12-6-10(11)9(8)5-13-14/h4-7,14H,3H2,1-2H3/b13-5+. The van der Waals surface area contributed by atoms with Crippen molar-refractivity contribution in [2.45, 2.75) is 26.2 Å². The van der Waals surface area contributed by atoms with Gasteiger partial charge in [-0.2, -0.15) is 0 Å². The molecule has 0 amide bonds. The van der Waals surface area contributed by atoms with Crippen LogP contribution in [0.25, 0.3) is 0 Å². The van der Waals surface area contributed by atoms with E-state index in [0.29, 0.717) is 10.9 Å². The van der Waals surface area contributed by atoms with Crippen LogP contribution in [0.5, 0.6) is 0 Å². The van der Waals surface area contributed by atoms with E-state index in [0.717, 1.165) is 17.5 Å². The second kappa shape index (κ2) is 4.96. The lowest BCUT2D eigenvalue weighted by molar-refractivity contribution is 0.322. The van der Waals surface area contributed by atoms with Gasteiger partial charge >= 0.3 is 0 Å². The molecule has 0 radical (unpaired) electrons. The fraction of sp³-hybridized carbons (Fsp3) is 0.400. The summed E-state index contributed by atoms with van der Waals surface area (Å²) in [6.45, 7) is 4.17. The van der Waals surface area contributed by atoms with Crippen molar-refractivity contribution in [3.05, 3.63) is 28.5 Å². The maximum atomic E-state index is 8.51. The second-order valence-corrected chi connectivity index (χ2v) is 3.59. The Hall–Kier alpha value is -1.09. The minimum absolute atomic E-state index is 0.356. The summed E-state index contributed by atoms with van der Waals surface area (Å²) in [6.07, 6.45) is 5.65. The lowest BCUT2D eigenvalue weighted by Crippen LogP contribution is -2.00. The zero-order valence-electron chi connectivity index (χ0n) is 8.24. The van der Waals surface area contributed by atoms with E-state index < -0.39 is 0 Å². The number of hydrogen-bond donors (Lipinski definition) is 1. The first-order valence-corrected chi connectivity index (χ1v) is 4.89. The Balaban J connectivity index is 3.20. The first-order valence-electron chi connectivity index (χ1n) is 4.51. The van der Waals surface area contributed by atoms with Crippen LogP contribution in [-0.2, 0) is 0 Å². The number of oxime groups is 1. The van der Waals surface area contributed by atoms with Gasteiger partial charge in [0, 0.05) is 18.0 Å². The van der Waals surface area contributed by atoms with E-state index in [4.69, 9.17) is 16.8 Å². The van der Waals surface area contributed by atoms with Crippen LogP contribution in [0.1, 0.15) is 37.3 Å². The summed E-state index contributed by atoms with van der Waals surface area (Å²) in [5.41, 5.74) is 1.76. The van der Waals surface area contributed by atoms with E-state index in [-0.39, 0.29) is 0 Å². The Morgan fingerprint density at radius 1 is 1.64 bits per heavy atom. The number of halogens is 1. The van der Waals surface area contributed by atoms with Gasteiger partial charge in [-0.15, -0.1) is 0 Å². The molecule has 0 fully saturated rings. The van der Waals surface area contributed by atoms with Gasteiger partial charge < -0.3 is 5.21 Å². The van der Waals surface area contributed by atoms with Crippen LogP contribution < -0.4 is 0 Å². The van der Waals surface area contributed by atoms with Gasteiger partial charge in [-0.05, 0) is 17.9 Å². The quantitative estimate of drug-likeness (QED) is 0.476. The molecule has 1 atom stereocenters.